The van der Waals surface area contributed by atoms with Crippen molar-refractivity contribution < 1.29 is 31.5 Å². The molecule has 0 saturated carbocycles. The number of nitrogens with zero attached hydrogens (tertiary/aromatic N) is 1. The third-order valence-corrected chi connectivity index (χ3v) is 3.72. The summed E-state index contributed by atoms with van der Waals surface area (Å²) in [6, 6.07) is 7.48. The topological polar surface area (TPSA) is 51.2 Å². The van der Waals surface area contributed by atoms with E-state index in [0.29, 0.717) is 16.7 Å². The number of carbonyl (C=O) groups is 1. The Balaban J connectivity index is 1.89. The highest BCUT2D eigenvalue weighted by Gasteiger charge is 2.43. The fourth-order valence-electron chi connectivity index (χ4n) is 2.61. The van der Waals surface area contributed by atoms with Crippen molar-refractivity contribution in [2.75, 3.05) is 0 Å². The second-order valence-electron chi connectivity index (χ2n) is 5.31. The largest absolute Gasteiger partial charge is 0.490 e. The van der Waals surface area contributed by atoms with Crippen LogP contribution in [0.4, 0.5) is 22.0 Å². The van der Waals surface area contributed by atoms with Crippen molar-refractivity contribution >= 4 is 5.97 Å². The number of rotatable bonds is 3. The number of carbonyl (C=O) groups excluding carboxylic acids is 1. The number of nitrogens with one attached hydrogen (secondary N) is 1. The number of benzene rings is 1. The molecule has 2 aromatic rings. The van der Waals surface area contributed by atoms with Crippen LogP contribution in [0.15, 0.2) is 36.5 Å². The number of esters is 1. The lowest BCUT2D eigenvalue weighted by Gasteiger charge is -2.15. The van der Waals surface area contributed by atoms with Gasteiger partial charge in [-0.25, -0.2) is 13.6 Å². The molecule has 1 aliphatic heterocycles. The van der Waals surface area contributed by atoms with Crippen LogP contribution in [0.25, 0.3) is 11.1 Å². The van der Waals surface area contributed by atoms with Gasteiger partial charge in [0.2, 0.25) is 0 Å². The number of ether oxygens (including phenoxy) is 1. The summed E-state index contributed by atoms with van der Waals surface area (Å²) in [7, 11) is 0. The van der Waals surface area contributed by atoms with Crippen LogP contribution in [-0.2, 0) is 16.1 Å². The van der Waals surface area contributed by atoms with Gasteiger partial charge in [0.05, 0.1) is 0 Å². The lowest BCUT2D eigenvalue weighted by atomic mass is 9.99. The number of fused-ring (bicyclic) bond motifs is 1. The van der Waals surface area contributed by atoms with Crippen molar-refractivity contribution in [3.63, 3.8) is 0 Å². The average molecular weight is 358 g/mol. The number of pyridine rings is 1. The molecule has 0 bridgehead atoms. The number of halogens is 5. The molecule has 25 heavy (non-hydrogen) atoms. The smallest absolute Gasteiger partial charge is 0.436 e. The lowest BCUT2D eigenvalue weighted by molar-refractivity contribution is -0.206. The molecule has 0 radical (unpaired) electrons. The van der Waals surface area contributed by atoms with E-state index in [9.17, 15) is 26.7 Å². The number of hydrogen-bond donors (Lipinski definition) is 1. The molecule has 0 fully saturated rings. The molecule has 132 valence electrons. The Morgan fingerprint density at radius 2 is 2.04 bits per heavy atom. The lowest BCUT2D eigenvalue weighted by Crippen LogP contribution is -2.30. The summed E-state index contributed by atoms with van der Waals surface area (Å²) in [5, 5.41) is 2.63. The Bertz CT molecular complexity index is 807. The maximum absolute atomic E-state index is 13.1. The van der Waals surface area contributed by atoms with E-state index in [4.69, 9.17) is 0 Å². The third kappa shape index (κ3) is 3.46. The first-order valence-electron chi connectivity index (χ1n) is 7.15. The Morgan fingerprint density at radius 3 is 2.72 bits per heavy atom. The molecule has 1 aromatic heterocycles. The number of hydrogen-bond acceptors (Lipinski definition) is 4. The summed E-state index contributed by atoms with van der Waals surface area (Å²) in [4.78, 5) is 14.6. The van der Waals surface area contributed by atoms with Crippen LogP contribution in [0.3, 0.4) is 0 Å². The Kier molecular flexibility index (Phi) is 4.42. The average Bonchev–Trinajstić information content (AvgIpc) is 2.96. The van der Waals surface area contributed by atoms with Crippen molar-refractivity contribution in [1.82, 2.24) is 10.3 Å². The molecule has 0 saturated heterocycles. The standard InChI is InChI=1S/C16H11F5N2O2/c17-13(18)12-10(2-1-5-22-12)8-3-4-11-9(6-8)7-23-14(11)25-15(24)16(19,20)21/h1-6,13-14,23H,7H2. The summed E-state index contributed by atoms with van der Waals surface area (Å²) in [5.41, 5.74) is 1.21. The predicted octanol–water partition coefficient (Wildman–Crippen LogP) is 3.89. The fraction of sp³-hybridized carbons (Fsp3) is 0.250. The highest BCUT2D eigenvalue weighted by Crippen LogP contribution is 2.34. The maximum atomic E-state index is 13.1. The first-order chi connectivity index (χ1) is 11.8. The summed E-state index contributed by atoms with van der Waals surface area (Å²) >= 11 is 0. The highest BCUT2D eigenvalue weighted by atomic mass is 19.4. The van der Waals surface area contributed by atoms with Gasteiger partial charge in [-0.1, -0.05) is 18.2 Å². The summed E-state index contributed by atoms with van der Waals surface area (Å²) in [6.45, 7) is 0.142. The quantitative estimate of drug-likeness (QED) is 0.668. The zero-order chi connectivity index (χ0) is 18.2. The molecule has 1 N–H and O–H groups in total. The zero-order valence-electron chi connectivity index (χ0n) is 12.5. The highest BCUT2D eigenvalue weighted by molar-refractivity contribution is 5.76. The normalized spacial score (nSPS) is 16.8. The van der Waals surface area contributed by atoms with Gasteiger partial charge in [-0.05, 0) is 23.3 Å². The predicted molar refractivity (Wildman–Crippen MR) is 76.4 cm³/mol. The molecule has 1 aromatic carbocycles. The van der Waals surface area contributed by atoms with Gasteiger partial charge in [-0.15, -0.1) is 0 Å². The van der Waals surface area contributed by atoms with E-state index >= 15 is 0 Å². The van der Waals surface area contributed by atoms with Gasteiger partial charge in [-0.3, -0.25) is 10.3 Å². The van der Waals surface area contributed by atoms with E-state index in [0.717, 1.165) is 0 Å². The summed E-state index contributed by atoms with van der Waals surface area (Å²) < 4.78 is 67.4. The molecule has 0 spiro atoms. The molecule has 3 rings (SSSR count). The Hall–Kier alpha value is -2.55. The Labute approximate surface area is 138 Å². The van der Waals surface area contributed by atoms with Crippen molar-refractivity contribution in [1.29, 1.82) is 0 Å². The van der Waals surface area contributed by atoms with Crippen LogP contribution in [0.1, 0.15) is 29.5 Å². The maximum Gasteiger partial charge on any atom is 0.490 e. The van der Waals surface area contributed by atoms with E-state index < -0.39 is 24.8 Å². The van der Waals surface area contributed by atoms with Gasteiger partial charge in [0.15, 0.2) is 6.23 Å². The molecular formula is C16H11F5N2O2. The Morgan fingerprint density at radius 1 is 1.28 bits per heavy atom. The number of alkyl halides is 5. The third-order valence-electron chi connectivity index (χ3n) is 3.72. The molecule has 9 heteroatoms. The molecule has 0 amide bonds. The van der Waals surface area contributed by atoms with Crippen LogP contribution in [0.2, 0.25) is 0 Å². The fourth-order valence-corrected chi connectivity index (χ4v) is 2.61. The second-order valence-corrected chi connectivity index (χ2v) is 5.31. The molecule has 1 unspecified atom stereocenters. The zero-order valence-corrected chi connectivity index (χ0v) is 12.5. The molecule has 1 atom stereocenters. The van der Waals surface area contributed by atoms with Crippen molar-refractivity contribution in [2.24, 2.45) is 0 Å². The van der Waals surface area contributed by atoms with Crippen molar-refractivity contribution in [3.05, 3.63) is 53.3 Å². The molecule has 4 nitrogen and oxygen atoms in total. The van der Waals surface area contributed by atoms with Crippen molar-refractivity contribution in [2.45, 2.75) is 25.4 Å². The van der Waals surface area contributed by atoms with Gasteiger partial charge in [0, 0.05) is 23.9 Å². The van der Waals surface area contributed by atoms with E-state index in [1.807, 2.05) is 0 Å². The summed E-state index contributed by atoms with van der Waals surface area (Å²) in [6.07, 6.45) is -7.83. The second kappa shape index (κ2) is 6.40. The molecule has 1 aliphatic rings. The van der Waals surface area contributed by atoms with Gasteiger partial charge in [0.25, 0.3) is 6.43 Å². The van der Waals surface area contributed by atoms with Crippen molar-refractivity contribution in [3.8, 4) is 11.1 Å². The first kappa shape index (κ1) is 17.3. The van der Waals surface area contributed by atoms with E-state index in [2.05, 4.69) is 15.0 Å². The van der Waals surface area contributed by atoms with E-state index in [1.54, 1.807) is 6.07 Å². The monoisotopic (exact) mass is 358 g/mol. The number of aromatic nitrogens is 1. The summed E-state index contributed by atoms with van der Waals surface area (Å²) in [5.74, 6) is -2.30. The minimum absolute atomic E-state index is 0.142. The van der Waals surface area contributed by atoms with Gasteiger partial charge in [-0.2, -0.15) is 13.2 Å². The van der Waals surface area contributed by atoms with Crippen LogP contribution in [0, 0.1) is 0 Å². The van der Waals surface area contributed by atoms with E-state index in [1.165, 1.54) is 30.5 Å². The van der Waals surface area contributed by atoms with Crippen LogP contribution >= 0.6 is 0 Å². The minimum Gasteiger partial charge on any atom is -0.436 e. The molecule has 2 heterocycles. The van der Waals surface area contributed by atoms with Crippen LogP contribution < -0.4 is 5.32 Å². The van der Waals surface area contributed by atoms with Crippen LogP contribution in [-0.4, -0.2) is 17.1 Å². The first-order valence-corrected chi connectivity index (χ1v) is 7.15. The minimum atomic E-state index is -5.09. The SMILES string of the molecule is O=C(OC1NCc2cc(-c3cccnc3C(F)F)ccc21)C(F)(F)F. The van der Waals surface area contributed by atoms with Gasteiger partial charge < -0.3 is 4.74 Å². The van der Waals surface area contributed by atoms with Crippen LogP contribution in [0.5, 0.6) is 0 Å². The molecule has 0 aliphatic carbocycles. The van der Waals surface area contributed by atoms with E-state index in [-0.39, 0.29) is 17.8 Å². The molecular weight excluding hydrogens is 347 g/mol. The van der Waals surface area contributed by atoms with Gasteiger partial charge in [0.1, 0.15) is 5.69 Å². The van der Waals surface area contributed by atoms with Gasteiger partial charge >= 0.3 is 12.1 Å².